The maximum absolute atomic E-state index is 12.5. The van der Waals surface area contributed by atoms with Crippen LogP contribution in [0.3, 0.4) is 0 Å². The number of hydrazone groups is 1. The minimum atomic E-state index is -0.476. The van der Waals surface area contributed by atoms with E-state index in [1.165, 1.54) is 0 Å². The minimum Gasteiger partial charge on any atom is -0.317 e. The summed E-state index contributed by atoms with van der Waals surface area (Å²) in [6.07, 6.45) is 1.56. The standard InChI is InChI=1S/C25H23N3O2/c1-18(2)23(27-24(29)22-11-7-4-8-12-22)25(30)28-26-17-19-13-15-21(16-14-19)20-9-5-3-6-10-20/h3-17H,1-2H3,(H,27,29)(H,28,30)/b26-17+. The van der Waals surface area contributed by atoms with Crippen LogP contribution in [0.4, 0.5) is 0 Å². The van der Waals surface area contributed by atoms with Gasteiger partial charge < -0.3 is 5.32 Å². The number of rotatable bonds is 6. The molecule has 0 aliphatic rings. The van der Waals surface area contributed by atoms with Crippen LogP contribution in [0.15, 0.2) is 101 Å². The monoisotopic (exact) mass is 397 g/mol. The lowest BCUT2D eigenvalue weighted by Gasteiger charge is -2.10. The first kappa shape index (κ1) is 20.7. The molecule has 0 radical (unpaired) electrons. The van der Waals surface area contributed by atoms with Gasteiger partial charge in [-0.05, 0) is 48.2 Å². The largest absolute Gasteiger partial charge is 0.317 e. The summed E-state index contributed by atoms with van der Waals surface area (Å²) in [6.45, 7) is 3.51. The van der Waals surface area contributed by atoms with E-state index < -0.39 is 5.91 Å². The summed E-state index contributed by atoms with van der Waals surface area (Å²) in [5, 5.41) is 6.68. The number of benzene rings is 3. The molecule has 2 amide bonds. The summed E-state index contributed by atoms with van der Waals surface area (Å²) in [7, 11) is 0. The molecule has 0 atom stereocenters. The van der Waals surface area contributed by atoms with Crippen molar-refractivity contribution < 1.29 is 9.59 Å². The molecule has 3 aromatic rings. The Bertz CT molecular complexity index is 1070. The van der Waals surface area contributed by atoms with Crippen molar-refractivity contribution in [1.29, 1.82) is 0 Å². The van der Waals surface area contributed by atoms with Crippen molar-refractivity contribution in [1.82, 2.24) is 10.7 Å². The van der Waals surface area contributed by atoms with Crippen molar-refractivity contribution in [3.05, 3.63) is 107 Å². The zero-order chi connectivity index (χ0) is 21.3. The van der Waals surface area contributed by atoms with Crippen molar-refractivity contribution in [3.63, 3.8) is 0 Å². The molecular weight excluding hydrogens is 374 g/mol. The van der Waals surface area contributed by atoms with E-state index in [9.17, 15) is 9.59 Å². The van der Waals surface area contributed by atoms with Crippen LogP contribution >= 0.6 is 0 Å². The highest BCUT2D eigenvalue weighted by Crippen LogP contribution is 2.18. The Balaban J connectivity index is 1.62. The van der Waals surface area contributed by atoms with Crippen LogP contribution in [0.1, 0.15) is 29.8 Å². The van der Waals surface area contributed by atoms with Crippen LogP contribution in [0, 0.1) is 0 Å². The molecular formula is C25H23N3O2. The Morgan fingerprint density at radius 1 is 0.767 bits per heavy atom. The lowest BCUT2D eigenvalue weighted by Crippen LogP contribution is -2.33. The molecule has 0 saturated heterocycles. The SMILES string of the molecule is CC(C)=C(NC(=O)c1ccccc1)C(=O)N/N=C/c1ccc(-c2ccccc2)cc1. The second-order valence-corrected chi connectivity index (χ2v) is 6.88. The van der Waals surface area contributed by atoms with Gasteiger partial charge in [0.2, 0.25) is 0 Å². The van der Waals surface area contributed by atoms with Gasteiger partial charge in [0, 0.05) is 5.56 Å². The van der Waals surface area contributed by atoms with Crippen molar-refractivity contribution in [3.8, 4) is 11.1 Å². The molecule has 0 unspecified atom stereocenters. The third kappa shape index (κ3) is 5.52. The molecule has 2 N–H and O–H groups in total. The van der Waals surface area contributed by atoms with Crippen molar-refractivity contribution in [2.24, 2.45) is 5.10 Å². The van der Waals surface area contributed by atoms with Gasteiger partial charge in [-0.1, -0.05) is 72.8 Å². The average Bonchev–Trinajstić information content (AvgIpc) is 2.78. The van der Waals surface area contributed by atoms with Gasteiger partial charge in [0.05, 0.1) is 6.21 Å². The van der Waals surface area contributed by atoms with Crippen LogP contribution < -0.4 is 10.7 Å². The first-order valence-electron chi connectivity index (χ1n) is 9.57. The third-order valence-corrected chi connectivity index (χ3v) is 4.40. The van der Waals surface area contributed by atoms with Gasteiger partial charge in [-0.3, -0.25) is 9.59 Å². The fourth-order valence-corrected chi connectivity index (χ4v) is 2.80. The van der Waals surface area contributed by atoms with Gasteiger partial charge >= 0.3 is 0 Å². The molecule has 0 spiro atoms. The number of allylic oxidation sites excluding steroid dienone is 1. The van der Waals surface area contributed by atoms with Gasteiger partial charge in [0.15, 0.2) is 0 Å². The number of nitrogens with zero attached hydrogens (tertiary/aromatic N) is 1. The summed E-state index contributed by atoms with van der Waals surface area (Å²) in [6, 6.07) is 26.7. The van der Waals surface area contributed by atoms with E-state index in [0.29, 0.717) is 11.1 Å². The highest BCUT2D eigenvalue weighted by atomic mass is 16.2. The number of hydrogen-bond donors (Lipinski definition) is 2. The number of nitrogens with one attached hydrogen (secondary N) is 2. The van der Waals surface area contributed by atoms with E-state index in [2.05, 4.69) is 15.8 Å². The summed E-state index contributed by atoms with van der Waals surface area (Å²) in [4.78, 5) is 24.8. The lowest BCUT2D eigenvalue weighted by atomic mass is 10.0. The molecule has 0 aliphatic heterocycles. The quantitative estimate of drug-likeness (QED) is 0.364. The zero-order valence-corrected chi connectivity index (χ0v) is 16.9. The fraction of sp³-hybridized carbons (Fsp3) is 0.0800. The molecule has 150 valence electrons. The minimum absolute atomic E-state index is 0.181. The maximum Gasteiger partial charge on any atom is 0.287 e. The predicted molar refractivity (Wildman–Crippen MR) is 120 cm³/mol. The molecule has 0 fully saturated rings. The van der Waals surface area contributed by atoms with E-state index in [4.69, 9.17) is 0 Å². The molecule has 0 heterocycles. The number of carbonyl (C=O) groups is 2. The molecule has 5 heteroatoms. The van der Waals surface area contributed by atoms with Crippen LogP contribution in [0.5, 0.6) is 0 Å². The van der Waals surface area contributed by atoms with E-state index in [0.717, 1.165) is 16.7 Å². The number of hydrogen-bond acceptors (Lipinski definition) is 3. The van der Waals surface area contributed by atoms with Crippen LogP contribution in [0.2, 0.25) is 0 Å². The Morgan fingerprint density at radius 3 is 1.93 bits per heavy atom. The van der Waals surface area contributed by atoms with Crippen molar-refractivity contribution in [2.75, 3.05) is 0 Å². The first-order valence-corrected chi connectivity index (χ1v) is 9.57. The third-order valence-electron chi connectivity index (χ3n) is 4.40. The first-order chi connectivity index (χ1) is 14.5. The van der Waals surface area contributed by atoms with Gasteiger partial charge in [0.1, 0.15) is 5.70 Å². The number of amides is 2. The summed E-state index contributed by atoms with van der Waals surface area (Å²) in [5.74, 6) is -0.820. The molecule has 0 aromatic heterocycles. The molecule has 0 bridgehead atoms. The highest BCUT2D eigenvalue weighted by Gasteiger charge is 2.15. The second-order valence-electron chi connectivity index (χ2n) is 6.88. The van der Waals surface area contributed by atoms with Crippen molar-refractivity contribution >= 4 is 18.0 Å². The maximum atomic E-state index is 12.5. The van der Waals surface area contributed by atoms with Crippen LogP contribution in [-0.4, -0.2) is 18.0 Å². The molecule has 0 saturated carbocycles. The molecule has 3 rings (SSSR count). The van der Waals surface area contributed by atoms with E-state index >= 15 is 0 Å². The fourth-order valence-electron chi connectivity index (χ4n) is 2.80. The zero-order valence-electron chi connectivity index (χ0n) is 16.9. The lowest BCUT2D eigenvalue weighted by molar-refractivity contribution is -0.117. The van der Waals surface area contributed by atoms with Crippen LogP contribution in [-0.2, 0) is 4.79 Å². The number of carbonyl (C=O) groups excluding carboxylic acids is 2. The summed E-state index contributed by atoms with van der Waals surface area (Å²) >= 11 is 0. The molecule has 5 nitrogen and oxygen atoms in total. The Kier molecular flexibility index (Phi) is 6.90. The van der Waals surface area contributed by atoms with Gasteiger partial charge in [-0.15, -0.1) is 0 Å². The predicted octanol–water partition coefficient (Wildman–Crippen LogP) is 4.53. The Labute approximate surface area is 176 Å². The van der Waals surface area contributed by atoms with E-state index in [1.807, 2.05) is 60.7 Å². The summed E-state index contributed by atoms with van der Waals surface area (Å²) < 4.78 is 0. The normalized spacial score (nSPS) is 10.5. The molecule has 0 aliphatic carbocycles. The van der Waals surface area contributed by atoms with E-state index in [-0.39, 0.29) is 11.6 Å². The van der Waals surface area contributed by atoms with Gasteiger partial charge in [0.25, 0.3) is 11.8 Å². The topological polar surface area (TPSA) is 70.6 Å². The second kappa shape index (κ2) is 9.98. The van der Waals surface area contributed by atoms with Crippen molar-refractivity contribution in [2.45, 2.75) is 13.8 Å². The molecule has 3 aromatic carbocycles. The average molecular weight is 397 g/mol. The van der Waals surface area contributed by atoms with E-state index in [1.54, 1.807) is 44.3 Å². The molecule has 30 heavy (non-hydrogen) atoms. The van der Waals surface area contributed by atoms with Gasteiger partial charge in [-0.2, -0.15) is 5.10 Å². The Hall–Kier alpha value is -3.99. The highest BCUT2D eigenvalue weighted by molar-refractivity contribution is 6.03. The van der Waals surface area contributed by atoms with Gasteiger partial charge in [-0.25, -0.2) is 5.43 Å². The summed E-state index contributed by atoms with van der Waals surface area (Å²) in [5.41, 5.74) is 6.90. The Morgan fingerprint density at radius 2 is 1.33 bits per heavy atom. The van der Waals surface area contributed by atoms with Crippen LogP contribution in [0.25, 0.3) is 11.1 Å². The smallest absolute Gasteiger partial charge is 0.287 e.